The highest BCUT2D eigenvalue weighted by Crippen LogP contribution is 2.22. The lowest BCUT2D eigenvalue weighted by Gasteiger charge is -2.37. The van der Waals surface area contributed by atoms with Gasteiger partial charge >= 0.3 is 0 Å². The Hall–Kier alpha value is -0.570. The van der Waals surface area contributed by atoms with Gasteiger partial charge in [0, 0.05) is 13.1 Å². The van der Waals surface area contributed by atoms with E-state index in [1.165, 1.54) is 19.3 Å². The molecule has 1 N–H and O–H groups in total. The monoisotopic (exact) mass is 224 g/mol. The number of likely N-dealkylation sites (tertiary alicyclic amines) is 1. The van der Waals surface area contributed by atoms with Crippen LogP contribution in [-0.4, -0.2) is 36.5 Å². The number of amides is 1. The smallest absolute Gasteiger partial charge is 0.239 e. The van der Waals surface area contributed by atoms with Gasteiger partial charge in [0.05, 0.1) is 6.04 Å². The lowest BCUT2D eigenvalue weighted by molar-refractivity contribution is -0.136. The Morgan fingerprint density at radius 1 is 1.19 bits per heavy atom. The summed E-state index contributed by atoms with van der Waals surface area (Å²) < 4.78 is 0. The topological polar surface area (TPSA) is 32.3 Å². The first-order valence-corrected chi connectivity index (χ1v) is 6.69. The number of hydrogen-bond acceptors (Lipinski definition) is 2. The molecule has 0 aromatic rings. The minimum Gasteiger partial charge on any atom is -0.341 e. The summed E-state index contributed by atoms with van der Waals surface area (Å²) in [6.45, 7) is 7.44. The number of hydrogen-bond donors (Lipinski definition) is 1. The molecule has 0 saturated carbocycles. The van der Waals surface area contributed by atoms with Crippen molar-refractivity contribution >= 4 is 5.91 Å². The number of rotatable bonds is 1. The predicted molar refractivity (Wildman–Crippen MR) is 65.2 cm³/mol. The molecule has 0 aromatic heterocycles. The molecule has 2 heterocycles. The maximum absolute atomic E-state index is 12.3. The third-order valence-corrected chi connectivity index (χ3v) is 3.79. The van der Waals surface area contributed by atoms with E-state index in [2.05, 4.69) is 24.1 Å². The van der Waals surface area contributed by atoms with Crippen molar-refractivity contribution in [3.8, 4) is 0 Å². The molecule has 0 bridgehead atoms. The molecule has 2 fully saturated rings. The molecule has 3 heteroatoms. The van der Waals surface area contributed by atoms with Crippen molar-refractivity contribution in [1.82, 2.24) is 10.2 Å². The number of carbonyl (C=O) groups excluding carboxylic acids is 1. The zero-order valence-electron chi connectivity index (χ0n) is 10.5. The van der Waals surface area contributed by atoms with Crippen LogP contribution in [0.3, 0.4) is 0 Å². The molecule has 2 aliphatic heterocycles. The minimum absolute atomic E-state index is 0.103. The van der Waals surface area contributed by atoms with E-state index in [9.17, 15) is 4.79 Å². The van der Waals surface area contributed by atoms with Crippen molar-refractivity contribution in [3.05, 3.63) is 0 Å². The van der Waals surface area contributed by atoms with Gasteiger partial charge in [0.2, 0.25) is 5.91 Å². The van der Waals surface area contributed by atoms with Crippen molar-refractivity contribution in [3.63, 3.8) is 0 Å². The van der Waals surface area contributed by atoms with Crippen molar-refractivity contribution in [2.75, 3.05) is 19.6 Å². The summed E-state index contributed by atoms with van der Waals surface area (Å²) in [5, 5.41) is 3.35. The summed E-state index contributed by atoms with van der Waals surface area (Å²) in [4.78, 5) is 14.4. The van der Waals surface area contributed by atoms with E-state index < -0.39 is 0 Å². The summed E-state index contributed by atoms with van der Waals surface area (Å²) in [5.41, 5.74) is 0. The molecule has 2 saturated heterocycles. The Kier molecular flexibility index (Phi) is 3.85. The molecule has 2 unspecified atom stereocenters. The van der Waals surface area contributed by atoms with Crippen LogP contribution in [0.2, 0.25) is 0 Å². The Morgan fingerprint density at radius 2 is 1.88 bits per heavy atom. The second kappa shape index (κ2) is 5.17. The van der Waals surface area contributed by atoms with Crippen molar-refractivity contribution in [2.24, 2.45) is 11.8 Å². The quantitative estimate of drug-likeness (QED) is 0.734. The van der Waals surface area contributed by atoms with E-state index >= 15 is 0 Å². The van der Waals surface area contributed by atoms with Gasteiger partial charge in [-0.1, -0.05) is 20.3 Å². The van der Waals surface area contributed by atoms with Crippen LogP contribution < -0.4 is 5.32 Å². The Balaban J connectivity index is 1.92. The standard InChI is InChI=1S/C13H24N2O/c1-10-7-11(2)9-15(8-10)13(16)12-5-3-4-6-14-12/h10-12,14H,3-9H2,1-2H3/t10?,11?,12-/m0/s1. The third kappa shape index (κ3) is 2.76. The average molecular weight is 224 g/mol. The van der Waals surface area contributed by atoms with E-state index in [0.29, 0.717) is 17.7 Å². The molecule has 3 nitrogen and oxygen atoms in total. The molecule has 0 aromatic carbocycles. The molecule has 2 aliphatic rings. The minimum atomic E-state index is 0.103. The van der Waals surface area contributed by atoms with Gasteiger partial charge in [-0.3, -0.25) is 4.79 Å². The molecule has 1 amide bonds. The Bertz CT molecular complexity index is 238. The van der Waals surface area contributed by atoms with Gasteiger partial charge in [-0.05, 0) is 37.6 Å². The van der Waals surface area contributed by atoms with Crippen molar-refractivity contribution in [1.29, 1.82) is 0 Å². The van der Waals surface area contributed by atoms with Crippen LogP contribution in [0.1, 0.15) is 39.5 Å². The van der Waals surface area contributed by atoms with E-state index in [1.807, 2.05) is 0 Å². The predicted octanol–water partition coefficient (Wildman–Crippen LogP) is 1.63. The molecule has 0 spiro atoms. The van der Waals surface area contributed by atoms with Gasteiger partial charge in [0.25, 0.3) is 0 Å². The molecule has 0 aliphatic carbocycles. The third-order valence-electron chi connectivity index (χ3n) is 3.79. The van der Waals surface area contributed by atoms with E-state index in [0.717, 1.165) is 26.1 Å². The molecule has 0 radical (unpaired) electrons. The van der Waals surface area contributed by atoms with Crippen LogP contribution >= 0.6 is 0 Å². The molecule has 3 atom stereocenters. The first-order chi connectivity index (χ1) is 7.66. The van der Waals surface area contributed by atoms with E-state index in [-0.39, 0.29) is 6.04 Å². The fourth-order valence-corrected chi connectivity index (χ4v) is 3.13. The summed E-state index contributed by atoms with van der Waals surface area (Å²) in [6, 6.07) is 0.103. The number of piperidine rings is 2. The molecular formula is C13H24N2O. The van der Waals surface area contributed by atoms with Crippen molar-refractivity contribution in [2.45, 2.75) is 45.6 Å². The highest BCUT2D eigenvalue weighted by atomic mass is 16.2. The lowest BCUT2D eigenvalue weighted by atomic mass is 9.91. The average Bonchev–Trinajstić information content (AvgIpc) is 2.28. The molecule has 92 valence electrons. The van der Waals surface area contributed by atoms with E-state index in [4.69, 9.17) is 0 Å². The lowest BCUT2D eigenvalue weighted by Crippen LogP contribution is -2.52. The molecule has 16 heavy (non-hydrogen) atoms. The van der Waals surface area contributed by atoms with Gasteiger partial charge < -0.3 is 10.2 Å². The fraction of sp³-hybridized carbons (Fsp3) is 0.923. The first kappa shape index (κ1) is 11.9. The summed E-state index contributed by atoms with van der Waals surface area (Å²) in [7, 11) is 0. The first-order valence-electron chi connectivity index (χ1n) is 6.69. The number of nitrogens with one attached hydrogen (secondary N) is 1. The van der Waals surface area contributed by atoms with Crippen LogP contribution in [0.15, 0.2) is 0 Å². The van der Waals surface area contributed by atoms with Crippen LogP contribution in [0.5, 0.6) is 0 Å². The van der Waals surface area contributed by atoms with Gasteiger partial charge in [-0.25, -0.2) is 0 Å². The SMILES string of the molecule is CC1CC(C)CN(C(=O)[C@@H]2CCCCN2)C1. The van der Waals surface area contributed by atoms with E-state index in [1.54, 1.807) is 0 Å². The van der Waals surface area contributed by atoms with Crippen molar-refractivity contribution < 1.29 is 4.79 Å². The molecular weight excluding hydrogens is 200 g/mol. The van der Waals surface area contributed by atoms with Gasteiger partial charge in [-0.15, -0.1) is 0 Å². The van der Waals surface area contributed by atoms with Gasteiger partial charge in [0.15, 0.2) is 0 Å². The summed E-state index contributed by atoms with van der Waals surface area (Å²) in [5.74, 6) is 1.67. The maximum atomic E-state index is 12.3. The van der Waals surface area contributed by atoms with Crippen LogP contribution in [0.25, 0.3) is 0 Å². The normalized spacial score (nSPS) is 36.1. The second-order valence-electron chi connectivity index (χ2n) is 5.69. The zero-order chi connectivity index (χ0) is 11.5. The Morgan fingerprint density at radius 3 is 2.44 bits per heavy atom. The number of nitrogens with zero attached hydrogens (tertiary/aromatic N) is 1. The Labute approximate surface area is 98.6 Å². The van der Waals surface area contributed by atoms with Crippen LogP contribution in [0, 0.1) is 11.8 Å². The summed E-state index contributed by atoms with van der Waals surface area (Å²) >= 11 is 0. The second-order valence-corrected chi connectivity index (χ2v) is 5.69. The van der Waals surface area contributed by atoms with Gasteiger partial charge in [-0.2, -0.15) is 0 Å². The summed E-state index contributed by atoms with van der Waals surface area (Å²) in [6.07, 6.45) is 4.71. The maximum Gasteiger partial charge on any atom is 0.239 e. The van der Waals surface area contributed by atoms with Crippen LogP contribution in [0.4, 0.5) is 0 Å². The highest BCUT2D eigenvalue weighted by molar-refractivity contribution is 5.82. The molecule has 2 rings (SSSR count). The largest absolute Gasteiger partial charge is 0.341 e. The number of carbonyl (C=O) groups is 1. The highest BCUT2D eigenvalue weighted by Gasteiger charge is 2.30. The fourth-order valence-electron chi connectivity index (χ4n) is 3.13. The van der Waals surface area contributed by atoms with Crippen LogP contribution in [-0.2, 0) is 4.79 Å². The van der Waals surface area contributed by atoms with Gasteiger partial charge in [0.1, 0.15) is 0 Å². The zero-order valence-corrected chi connectivity index (χ0v) is 10.5.